The highest BCUT2D eigenvalue weighted by atomic mass is 35.5. The van der Waals surface area contributed by atoms with Crippen LogP contribution < -0.4 is 0 Å². The Morgan fingerprint density at radius 1 is 0.611 bits per heavy atom. The molecule has 0 aromatic heterocycles. The third kappa shape index (κ3) is 3.49. The summed E-state index contributed by atoms with van der Waals surface area (Å²) < 4.78 is 0. The average Bonchev–Trinajstić information content (AvgIpc) is 2.38. The predicted molar refractivity (Wildman–Crippen MR) is 81.0 cm³/mol. The zero-order valence-electron chi connectivity index (χ0n) is 9.68. The van der Waals surface area contributed by atoms with Crippen LogP contribution in [-0.2, 0) is 0 Å². The first-order chi connectivity index (χ1) is 8.77. The predicted octanol–water partition coefficient (Wildman–Crippen LogP) is 5.72. The van der Waals surface area contributed by atoms with E-state index in [9.17, 15) is 0 Å². The number of rotatable bonds is 3. The molecular formula is C16H12Cl2. The second kappa shape index (κ2) is 6.44. The molecule has 2 rings (SSSR count). The summed E-state index contributed by atoms with van der Waals surface area (Å²) in [6.07, 6.45) is 7.83. The van der Waals surface area contributed by atoms with Crippen molar-refractivity contribution in [3.05, 3.63) is 81.9 Å². The van der Waals surface area contributed by atoms with E-state index in [0.717, 1.165) is 21.2 Å². The van der Waals surface area contributed by atoms with E-state index < -0.39 is 0 Å². The van der Waals surface area contributed by atoms with Crippen molar-refractivity contribution < 1.29 is 0 Å². The maximum atomic E-state index is 6.05. The Labute approximate surface area is 117 Å². The first kappa shape index (κ1) is 12.9. The first-order valence-electron chi connectivity index (χ1n) is 5.61. The SMILES string of the molecule is Clc1ccccc1C=CC=Cc1ccccc1Cl. The third-order valence-electron chi connectivity index (χ3n) is 2.47. The minimum Gasteiger partial charge on any atom is -0.0837 e. The molecular weight excluding hydrogens is 263 g/mol. The van der Waals surface area contributed by atoms with Crippen molar-refractivity contribution >= 4 is 35.4 Å². The lowest BCUT2D eigenvalue weighted by molar-refractivity contribution is 1.65. The van der Waals surface area contributed by atoms with Gasteiger partial charge in [-0.25, -0.2) is 0 Å². The Morgan fingerprint density at radius 3 is 1.39 bits per heavy atom. The van der Waals surface area contributed by atoms with Gasteiger partial charge in [-0.2, -0.15) is 0 Å². The monoisotopic (exact) mass is 274 g/mol. The number of benzene rings is 2. The van der Waals surface area contributed by atoms with E-state index in [2.05, 4.69) is 0 Å². The van der Waals surface area contributed by atoms with Gasteiger partial charge < -0.3 is 0 Å². The molecule has 2 aromatic rings. The van der Waals surface area contributed by atoms with Crippen molar-refractivity contribution in [2.45, 2.75) is 0 Å². The van der Waals surface area contributed by atoms with Gasteiger partial charge in [0.15, 0.2) is 0 Å². The second-order valence-corrected chi connectivity index (χ2v) is 4.58. The maximum Gasteiger partial charge on any atom is 0.0478 e. The molecule has 0 heterocycles. The van der Waals surface area contributed by atoms with Gasteiger partial charge in [0, 0.05) is 10.0 Å². The zero-order valence-corrected chi connectivity index (χ0v) is 11.2. The molecule has 0 nitrogen and oxygen atoms in total. The molecule has 0 saturated carbocycles. The Balaban J connectivity index is 2.08. The average molecular weight is 275 g/mol. The molecule has 0 unspecified atom stereocenters. The molecule has 0 aliphatic rings. The van der Waals surface area contributed by atoms with Crippen LogP contribution in [-0.4, -0.2) is 0 Å². The van der Waals surface area contributed by atoms with Gasteiger partial charge >= 0.3 is 0 Å². The van der Waals surface area contributed by atoms with Crippen molar-refractivity contribution in [2.75, 3.05) is 0 Å². The van der Waals surface area contributed by atoms with Gasteiger partial charge in [-0.15, -0.1) is 0 Å². The van der Waals surface area contributed by atoms with E-state index in [0.29, 0.717) is 0 Å². The van der Waals surface area contributed by atoms with Gasteiger partial charge in [-0.05, 0) is 23.3 Å². The molecule has 0 amide bonds. The quantitative estimate of drug-likeness (QED) is 0.628. The minimum absolute atomic E-state index is 0.750. The highest BCUT2D eigenvalue weighted by Gasteiger charge is 1.93. The molecule has 0 aliphatic carbocycles. The summed E-state index contributed by atoms with van der Waals surface area (Å²) in [5.74, 6) is 0. The lowest BCUT2D eigenvalue weighted by Crippen LogP contribution is -1.73. The Hall–Kier alpha value is -1.50. The largest absolute Gasteiger partial charge is 0.0837 e. The summed E-state index contributed by atoms with van der Waals surface area (Å²) in [7, 11) is 0. The second-order valence-electron chi connectivity index (χ2n) is 3.76. The fraction of sp³-hybridized carbons (Fsp3) is 0. The number of allylic oxidation sites excluding steroid dienone is 2. The lowest BCUT2D eigenvalue weighted by Gasteiger charge is -1.96. The molecule has 2 heteroatoms. The van der Waals surface area contributed by atoms with Crippen molar-refractivity contribution in [3.8, 4) is 0 Å². The van der Waals surface area contributed by atoms with E-state index in [-0.39, 0.29) is 0 Å². The molecule has 2 aromatic carbocycles. The van der Waals surface area contributed by atoms with Crippen LogP contribution in [0.15, 0.2) is 60.7 Å². The summed E-state index contributed by atoms with van der Waals surface area (Å²) in [6.45, 7) is 0. The summed E-state index contributed by atoms with van der Waals surface area (Å²) in [4.78, 5) is 0. The van der Waals surface area contributed by atoms with Crippen molar-refractivity contribution in [2.24, 2.45) is 0 Å². The first-order valence-corrected chi connectivity index (χ1v) is 6.37. The Kier molecular flexibility index (Phi) is 4.63. The number of hydrogen-bond donors (Lipinski definition) is 0. The van der Waals surface area contributed by atoms with Gasteiger partial charge in [0.05, 0.1) is 0 Å². The van der Waals surface area contributed by atoms with Crippen LogP contribution in [0.5, 0.6) is 0 Å². The van der Waals surface area contributed by atoms with E-state index in [4.69, 9.17) is 23.2 Å². The molecule has 0 N–H and O–H groups in total. The highest BCUT2D eigenvalue weighted by molar-refractivity contribution is 6.32. The van der Waals surface area contributed by atoms with Crippen molar-refractivity contribution in [3.63, 3.8) is 0 Å². The van der Waals surface area contributed by atoms with Crippen LogP contribution in [0, 0.1) is 0 Å². The molecule has 0 aliphatic heterocycles. The van der Waals surface area contributed by atoms with E-state index >= 15 is 0 Å². The van der Waals surface area contributed by atoms with Crippen LogP contribution >= 0.6 is 23.2 Å². The molecule has 0 spiro atoms. The van der Waals surface area contributed by atoms with Gasteiger partial charge in [-0.1, -0.05) is 83.9 Å². The topological polar surface area (TPSA) is 0 Å². The number of halogens is 2. The summed E-state index contributed by atoms with van der Waals surface area (Å²) in [6, 6.07) is 15.5. The zero-order chi connectivity index (χ0) is 12.8. The van der Waals surface area contributed by atoms with Crippen LogP contribution in [0.3, 0.4) is 0 Å². The fourth-order valence-electron chi connectivity index (χ4n) is 1.54. The molecule has 0 fully saturated rings. The summed E-state index contributed by atoms with van der Waals surface area (Å²) in [5.41, 5.74) is 2.01. The Bertz CT molecular complexity index is 530. The lowest BCUT2D eigenvalue weighted by atomic mass is 10.2. The Morgan fingerprint density at radius 2 is 1.00 bits per heavy atom. The van der Waals surface area contributed by atoms with Crippen molar-refractivity contribution in [1.82, 2.24) is 0 Å². The molecule has 0 saturated heterocycles. The molecule has 0 radical (unpaired) electrons. The van der Waals surface area contributed by atoms with E-state index in [1.807, 2.05) is 72.8 Å². The fourth-order valence-corrected chi connectivity index (χ4v) is 1.94. The van der Waals surface area contributed by atoms with Gasteiger partial charge in [-0.3, -0.25) is 0 Å². The van der Waals surface area contributed by atoms with Gasteiger partial charge in [0.25, 0.3) is 0 Å². The van der Waals surface area contributed by atoms with Crippen molar-refractivity contribution in [1.29, 1.82) is 0 Å². The minimum atomic E-state index is 0.750. The molecule has 18 heavy (non-hydrogen) atoms. The van der Waals surface area contributed by atoms with Crippen LogP contribution in [0.25, 0.3) is 12.2 Å². The molecule has 90 valence electrons. The standard InChI is InChI=1S/C16H12Cl2/c17-15-11-5-3-9-13(15)7-1-2-8-14-10-4-6-12-16(14)18/h1-12H. The third-order valence-corrected chi connectivity index (χ3v) is 3.16. The van der Waals surface area contributed by atoms with Crippen LogP contribution in [0.1, 0.15) is 11.1 Å². The van der Waals surface area contributed by atoms with Crippen LogP contribution in [0.2, 0.25) is 10.0 Å². The summed E-state index contributed by atoms with van der Waals surface area (Å²) in [5, 5.41) is 1.50. The maximum absolute atomic E-state index is 6.05. The van der Waals surface area contributed by atoms with Gasteiger partial charge in [0.2, 0.25) is 0 Å². The molecule has 0 atom stereocenters. The highest BCUT2D eigenvalue weighted by Crippen LogP contribution is 2.18. The number of hydrogen-bond acceptors (Lipinski definition) is 0. The molecule has 0 bridgehead atoms. The normalized spacial score (nSPS) is 11.4. The summed E-state index contributed by atoms with van der Waals surface area (Å²) >= 11 is 12.1. The smallest absolute Gasteiger partial charge is 0.0478 e. The van der Waals surface area contributed by atoms with Gasteiger partial charge in [0.1, 0.15) is 0 Å². The van der Waals surface area contributed by atoms with Crippen LogP contribution in [0.4, 0.5) is 0 Å². The van der Waals surface area contributed by atoms with E-state index in [1.165, 1.54) is 0 Å². The van der Waals surface area contributed by atoms with E-state index in [1.54, 1.807) is 0 Å².